The monoisotopic (exact) mass is 149 g/mol. The molecule has 52 valence electrons. The van der Waals surface area contributed by atoms with Gasteiger partial charge in [-0.25, -0.2) is 0 Å². The van der Waals surface area contributed by atoms with Gasteiger partial charge in [0.2, 0.25) is 0 Å². The maximum absolute atomic E-state index is 9.89. The van der Waals surface area contributed by atoms with Crippen molar-refractivity contribution >= 4 is 8.46 Å². The van der Waals surface area contributed by atoms with Crippen LogP contribution in [0.1, 0.15) is 0 Å². The van der Waals surface area contributed by atoms with E-state index >= 15 is 0 Å². The molecule has 0 aliphatic heterocycles. The molecule has 1 atom stereocenters. The van der Waals surface area contributed by atoms with Gasteiger partial charge in [0.05, 0.1) is 13.2 Å². The van der Waals surface area contributed by atoms with Gasteiger partial charge in [-0.15, -0.1) is 0 Å². The molecule has 4 heteroatoms. The minimum atomic E-state index is -0.392. The van der Waals surface area contributed by atoms with E-state index in [0.717, 1.165) is 0 Å². The number of rotatable bonds is 4. The average Bonchev–Trinajstić information content (AvgIpc) is 1.91. The lowest BCUT2D eigenvalue weighted by Crippen LogP contribution is -1.95. The van der Waals surface area contributed by atoms with E-state index in [1.165, 1.54) is 0 Å². The van der Waals surface area contributed by atoms with Gasteiger partial charge < -0.3 is 10.2 Å². The first-order valence-corrected chi connectivity index (χ1v) is 3.71. The normalized spacial score (nSPS) is 9.56. The second kappa shape index (κ2) is 5.89. The van der Waals surface area contributed by atoms with Crippen LogP contribution in [-0.4, -0.2) is 29.6 Å². The third-order valence-corrected chi connectivity index (χ3v) is 1.25. The summed E-state index contributed by atoms with van der Waals surface area (Å²) in [6, 6.07) is 0. The quantitative estimate of drug-likeness (QED) is 0.434. The zero-order chi connectivity index (χ0) is 7.11. The molecular weight excluding hydrogens is 139 g/mol. The largest absolute Gasteiger partial charge is 0.392 e. The number of aliphatic hydroxyl groups is 2. The van der Waals surface area contributed by atoms with Crippen molar-refractivity contribution in [3.63, 3.8) is 0 Å². The molecular formula is C5H10O3P+. The molecule has 0 aromatic heterocycles. The van der Waals surface area contributed by atoms with Crippen LogP contribution in [0.25, 0.3) is 0 Å². The molecule has 0 aromatic carbocycles. The predicted octanol–water partition coefficient (Wildman–Crippen LogP) is -0.0786. The Morgan fingerprint density at radius 2 is 2.00 bits per heavy atom. The highest BCUT2D eigenvalue weighted by atomic mass is 31.1. The molecule has 2 N–H and O–H groups in total. The van der Waals surface area contributed by atoms with Crippen molar-refractivity contribution in [2.75, 3.05) is 19.4 Å². The molecule has 0 fully saturated rings. The number of hydrogen-bond donors (Lipinski definition) is 2. The third kappa shape index (κ3) is 4.28. The molecule has 0 aliphatic carbocycles. The Balaban J connectivity index is 3.60. The Bertz CT molecular complexity index is 105. The van der Waals surface area contributed by atoms with E-state index in [4.69, 9.17) is 10.2 Å². The van der Waals surface area contributed by atoms with Crippen LogP contribution >= 0.6 is 8.46 Å². The van der Waals surface area contributed by atoms with Gasteiger partial charge in [-0.3, -0.25) is 0 Å². The van der Waals surface area contributed by atoms with E-state index in [2.05, 4.69) is 0 Å². The molecule has 0 bridgehead atoms. The van der Waals surface area contributed by atoms with E-state index in [0.29, 0.717) is 11.7 Å². The Morgan fingerprint density at radius 1 is 1.44 bits per heavy atom. The van der Waals surface area contributed by atoms with Crippen LogP contribution in [0.4, 0.5) is 0 Å². The highest BCUT2D eigenvalue weighted by molar-refractivity contribution is 7.23. The Morgan fingerprint density at radius 3 is 2.33 bits per heavy atom. The predicted molar refractivity (Wildman–Crippen MR) is 36.1 cm³/mol. The van der Waals surface area contributed by atoms with Crippen LogP contribution in [0.15, 0.2) is 11.6 Å². The van der Waals surface area contributed by atoms with Gasteiger partial charge in [-0.1, -0.05) is 4.57 Å². The molecule has 0 saturated carbocycles. The van der Waals surface area contributed by atoms with E-state index in [1.807, 2.05) is 0 Å². The van der Waals surface area contributed by atoms with Gasteiger partial charge in [-0.2, -0.15) is 0 Å². The molecule has 0 spiro atoms. The first-order valence-electron chi connectivity index (χ1n) is 2.59. The summed E-state index contributed by atoms with van der Waals surface area (Å²) >= 11 is 0. The highest BCUT2D eigenvalue weighted by Crippen LogP contribution is 1.96. The second-order valence-electron chi connectivity index (χ2n) is 1.53. The number of allylic oxidation sites excluding steroid dienone is 1. The standard InChI is InChI=1S/C5H9O3P/c6-3-5(4-7)1-2-9-8/h1,6-7H,2-4H2/p+1. The van der Waals surface area contributed by atoms with Crippen LogP contribution < -0.4 is 0 Å². The fraction of sp³-hybridized carbons (Fsp3) is 0.600. The highest BCUT2D eigenvalue weighted by Gasteiger charge is 1.92. The van der Waals surface area contributed by atoms with Crippen LogP contribution in [0.2, 0.25) is 0 Å². The molecule has 0 aromatic rings. The smallest absolute Gasteiger partial charge is 0.328 e. The summed E-state index contributed by atoms with van der Waals surface area (Å²) in [4.78, 5) is 0. The topological polar surface area (TPSA) is 57.5 Å². The average molecular weight is 149 g/mol. The van der Waals surface area contributed by atoms with E-state index in [9.17, 15) is 4.57 Å². The lowest BCUT2D eigenvalue weighted by Gasteiger charge is -1.92. The fourth-order valence-corrected chi connectivity index (χ4v) is 0.737. The molecule has 3 nitrogen and oxygen atoms in total. The van der Waals surface area contributed by atoms with Crippen molar-refractivity contribution in [3.05, 3.63) is 11.6 Å². The van der Waals surface area contributed by atoms with Gasteiger partial charge >= 0.3 is 8.46 Å². The lowest BCUT2D eigenvalue weighted by molar-refractivity contribution is 0.276. The maximum atomic E-state index is 9.89. The summed E-state index contributed by atoms with van der Waals surface area (Å²) in [5.74, 6) is 0. The number of hydrogen-bond acceptors (Lipinski definition) is 3. The lowest BCUT2D eigenvalue weighted by atomic mass is 10.3. The first-order chi connectivity index (χ1) is 4.35. The zero-order valence-corrected chi connectivity index (χ0v) is 6.00. The first kappa shape index (κ1) is 8.76. The van der Waals surface area contributed by atoms with Crippen molar-refractivity contribution in [1.82, 2.24) is 0 Å². The van der Waals surface area contributed by atoms with Crippen LogP contribution in [-0.2, 0) is 4.57 Å². The summed E-state index contributed by atoms with van der Waals surface area (Å²) in [7, 11) is -0.392. The number of aliphatic hydroxyl groups excluding tert-OH is 2. The van der Waals surface area contributed by atoms with Gasteiger partial charge in [0.1, 0.15) is 0 Å². The second-order valence-corrected chi connectivity index (χ2v) is 2.22. The summed E-state index contributed by atoms with van der Waals surface area (Å²) in [6.45, 7) is -0.304. The van der Waals surface area contributed by atoms with E-state index in [1.54, 1.807) is 6.08 Å². The molecule has 9 heavy (non-hydrogen) atoms. The van der Waals surface area contributed by atoms with Crippen molar-refractivity contribution in [2.45, 2.75) is 0 Å². The molecule has 0 aliphatic rings. The van der Waals surface area contributed by atoms with E-state index < -0.39 is 8.46 Å². The Labute approximate surface area is 55.2 Å². The molecule has 1 unspecified atom stereocenters. The minimum absolute atomic E-state index is 0.152. The Kier molecular flexibility index (Phi) is 5.73. The Hall–Kier alpha value is -0.240. The van der Waals surface area contributed by atoms with Crippen molar-refractivity contribution in [2.24, 2.45) is 0 Å². The SMILES string of the molecule is O=[PH+]CC=C(CO)CO. The summed E-state index contributed by atoms with van der Waals surface area (Å²) in [6.07, 6.45) is 1.99. The van der Waals surface area contributed by atoms with Crippen molar-refractivity contribution in [3.8, 4) is 0 Å². The molecule has 0 heterocycles. The van der Waals surface area contributed by atoms with Crippen LogP contribution in [0.3, 0.4) is 0 Å². The maximum Gasteiger partial charge on any atom is 0.328 e. The van der Waals surface area contributed by atoms with Gasteiger partial charge in [0.25, 0.3) is 0 Å². The van der Waals surface area contributed by atoms with Crippen LogP contribution in [0, 0.1) is 0 Å². The molecule has 0 rings (SSSR count). The van der Waals surface area contributed by atoms with Crippen molar-refractivity contribution < 1.29 is 14.8 Å². The molecule has 0 saturated heterocycles. The summed E-state index contributed by atoms with van der Waals surface area (Å²) in [5.41, 5.74) is 0.526. The van der Waals surface area contributed by atoms with Gasteiger partial charge in [-0.05, 0) is 11.6 Å². The minimum Gasteiger partial charge on any atom is -0.392 e. The summed E-state index contributed by atoms with van der Waals surface area (Å²) < 4.78 is 9.89. The third-order valence-electron chi connectivity index (χ3n) is 0.880. The zero-order valence-electron chi connectivity index (χ0n) is 5.00. The van der Waals surface area contributed by atoms with E-state index in [-0.39, 0.29) is 13.2 Å². The van der Waals surface area contributed by atoms with Crippen LogP contribution in [0.5, 0.6) is 0 Å². The summed E-state index contributed by atoms with van der Waals surface area (Å²) in [5, 5.41) is 16.9. The van der Waals surface area contributed by atoms with Gasteiger partial charge in [0.15, 0.2) is 6.16 Å². The molecule has 0 radical (unpaired) electrons. The molecule has 0 amide bonds. The van der Waals surface area contributed by atoms with Crippen molar-refractivity contribution in [1.29, 1.82) is 0 Å². The van der Waals surface area contributed by atoms with Gasteiger partial charge in [0, 0.05) is 0 Å². The fourth-order valence-electron chi connectivity index (χ4n) is 0.365.